The average Bonchev–Trinajstić information content (AvgIpc) is 2.15. The molecule has 0 aliphatic carbocycles. The molecule has 15 heavy (non-hydrogen) atoms. The van der Waals surface area contributed by atoms with Crippen LogP contribution in [0.4, 0.5) is 0 Å². The summed E-state index contributed by atoms with van der Waals surface area (Å²) in [4.78, 5) is 12.5. The van der Waals surface area contributed by atoms with Gasteiger partial charge in [0.15, 0.2) is 5.78 Å². The summed E-state index contributed by atoms with van der Waals surface area (Å²) in [6, 6.07) is 6.13. The summed E-state index contributed by atoms with van der Waals surface area (Å²) in [5.74, 6) is 0.136. The van der Waals surface area contributed by atoms with Gasteiger partial charge in [-0.1, -0.05) is 20.8 Å². The number of Topliss-reactive ketones (excluding diaryl/α,β-unsaturated/α-hetero) is 1. The molecule has 0 saturated heterocycles. The predicted octanol–water partition coefficient (Wildman–Crippen LogP) is 3.91. The monoisotopic (exact) mass is 222 g/mol. The normalized spacial score (nSPS) is 11.5. The standard InChI is InChI=1S/C13H18OS/c1-9(14)10-6-11(13(2,3)4)8-12(7-10)15-5/h6-8H,1-5H3. The van der Waals surface area contributed by atoms with Crippen molar-refractivity contribution in [2.24, 2.45) is 0 Å². The van der Waals surface area contributed by atoms with Gasteiger partial charge in [0.05, 0.1) is 0 Å². The Kier molecular flexibility index (Phi) is 3.61. The van der Waals surface area contributed by atoms with Crippen molar-refractivity contribution in [1.29, 1.82) is 0 Å². The number of carbonyl (C=O) groups is 1. The van der Waals surface area contributed by atoms with Gasteiger partial charge in [-0.2, -0.15) is 0 Å². The minimum Gasteiger partial charge on any atom is -0.295 e. The first-order chi connectivity index (χ1) is 6.84. The largest absolute Gasteiger partial charge is 0.295 e. The number of carbonyl (C=O) groups excluding carboxylic acids is 1. The second-order valence-electron chi connectivity index (χ2n) is 4.76. The van der Waals surface area contributed by atoms with Gasteiger partial charge in [-0.15, -0.1) is 11.8 Å². The Morgan fingerprint density at radius 2 is 1.80 bits per heavy atom. The summed E-state index contributed by atoms with van der Waals surface area (Å²) in [6.45, 7) is 8.11. The first-order valence-electron chi connectivity index (χ1n) is 5.05. The Labute approximate surface area is 96.3 Å². The van der Waals surface area contributed by atoms with E-state index in [0.717, 1.165) is 10.5 Å². The number of hydrogen-bond donors (Lipinski definition) is 0. The lowest BCUT2D eigenvalue weighted by molar-refractivity contribution is 0.101. The summed E-state index contributed by atoms with van der Waals surface area (Å²) in [5, 5.41) is 0. The van der Waals surface area contributed by atoms with Gasteiger partial charge < -0.3 is 0 Å². The lowest BCUT2D eigenvalue weighted by Crippen LogP contribution is -2.12. The summed E-state index contributed by atoms with van der Waals surface area (Å²) in [5.41, 5.74) is 2.13. The zero-order valence-corrected chi connectivity index (χ0v) is 10.9. The smallest absolute Gasteiger partial charge is 0.159 e. The van der Waals surface area contributed by atoms with Crippen LogP contribution in [-0.4, -0.2) is 12.0 Å². The highest BCUT2D eigenvalue weighted by Crippen LogP contribution is 2.28. The van der Waals surface area contributed by atoms with Crippen molar-refractivity contribution < 1.29 is 4.79 Å². The maximum absolute atomic E-state index is 11.4. The van der Waals surface area contributed by atoms with E-state index >= 15 is 0 Å². The Bertz CT molecular complexity index is 375. The van der Waals surface area contributed by atoms with Gasteiger partial charge in [-0.05, 0) is 42.4 Å². The molecule has 1 aromatic rings. The Balaban J connectivity index is 3.30. The Morgan fingerprint density at radius 3 is 2.20 bits per heavy atom. The highest BCUT2D eigenvalue weighted by molar-refractivity contribution is 7.98. The molecule has 0 radical (unpaired) electrons. The quantitative estimate of drug-likeness (QED) is 0.557. The number of ketones is 1. The number of benzene rings is 1. The van der Waals surface area contributed by atoms with Crippen molar-refractivity contribution >= 4 is 17.5 Å². The van der Waals surface area contributed by atoms with Crippen LogP contribution in [-0.2, 0) is 5.41 Å². The van der Waals surface area contributed by atoms with E-state index < -0.39 is 0 Å². The van der Waals surface area contributed by atoms with Crippen molar-refractivity contribution in [1.82, 2.24) is 0 Å². The molecule has 1 nitrogen and oxygen atoms in total. The van der Waals surface area contributed by atoms with Gasteiger partial charge in [-0.25, -0.2) is 0 Å². The molecular formula is C13H18OS. The molecule has 0 atom stereocenters. The minimum absolute atomic E-state index is 0.0932. The second kappa shape index (κ2) is 4.40. The number of hydrogen-bond acceptors (Lipinski definition) is 2. The van der Waals surface area contributed by atoms with E-state index in [9.17, 15) is 4.79 Å². The highest BCUT2D eigenvalue weighted by Gasteiger charge is 2.16. The van der Waals surface area contributed by atoms with Crippen LogP contribution in [0, 0.1) is 0 Å². The molecular weight excluding hydrogens is 204 g/mol. The molecule has 0 aliphatic heterocycles. The molecule has 0 fully saturated rings. The molecule has 0 heterocycles. The molecule has 0 unspecified atom stereocenters. The highest BCUT2D eigenvalue weighted by atomic mass is 32.2. The second-order valence-corrected chi connectivity index (χ2v) is 5.64. The van der Waals surface area contributed by atoms with Crippen LogP contribution >= 0.6 is 11.8 Å². The lowest BCUT2D eigenvalue weighted by Gasteiger charge is -2.20. The molecule has 0 spiro atoms. The topological polar surface area (TPSA) is 17.1 Å². The van der Waals surface area contributed by atoms with Crippen molar-refractivity contribution in [3.63, 3.8) is 0 Å². The minimum atomic E-state index is 0.0932. The molecule has 0 amide bonds. The van der Waals surface area contributed by atoms with E-state index in [1.54, 1.807) is 18.7 Å². The third kappa shape index (κ3) is 3.10. The van der Waals surface area contributed by atoms with Gasteiger partial charge in [0, 0.05) is 10.5 Å². The fraction of sp³-hybridized carbons (Fsp3) is 0.462. The molecule has 0 N–H and O–H groups in total. The zero-order valence-electron chi connectivity index (χ0n) is 10.0. The predicted molar refractivity (Wildman–Crippen MR) is 66.9 cm³/mol. The van der Waals surface area contributed by atoms with Crippen molar-refractivity contribution in [2.45, 2.75) is 38.0 Å². The molecule has 82 valence electrons. The van der Waals surface area contributed by atoms with Crippen molar-refractivity contribution in [2.75, 3.05) is 6.26 Å². The van der Waals surface area contributed by atoms with Crippen LogP contribution in [0.1, 0.15) is 43.6 Å². The van der Waals surface area contributed by atoms with Crippen LogP contribution in [0.3, 0.4) is 0 Å². The van der Waals surface area contributed by atoms with E-state index in [2.05, 4.69) is 26.8 Å². The summed E-state index contributed by atoms with van der Waals surface area (Å²) >= 11 is 1.68. The van der Waals surface area contributed by atoms with E-state index in [1.165, 1.54) is 5.56 Å². The van der Waals surface area contributed by atoms with Crippen LogP contribution in [0.25, 0.3) is 0 Å². The first-order valence-corrected chi connectivity index (χ1v) is 6.27. The van der Waals surface area contributed by atoms with Gasteiger partial charge in [0.2, 0.25) is 0 Å². The number of thioether (sulfide) groups is 1. The Hall–Kier alpha value is -0.760. The lowest BCUT2D eigenvalue weighted by atomic mass is 9.86. The molecule has 0 aromatic heterocycles. The van der Waals surface area contributed by atoms with E-state index in [-0.39, 0.29) is 11.2 Å². The third-order valence-electron chi connectivity index (χ3n) is 2.41. The van der Waals surface area contributed by atoms with Crippen LogP contribution in [0.5, 0.6) is 0 Å². The zero-order chi connectivity index (χ0) is 11.6. The van der Waals surface area contributed by atoms with Gasteiger partial charge in [0.25, 0.3) is 0 Å². The summed E-state index contributed by atoms with van der Waals surface area (Å²) in [7, 11) is 0. The number of rotatable bonds is 2. The van der Waals surface area contributed by atoms with Gasteiger partial charge in [0.1, 0.15) is 0 Å². The van der Waals surface area contributed by atoms with Gasteiger partial charge >= 0.3 is 0 Å². The molecule has 0 bridgehead atoms. The van der Waals surface area contributed by atoms with E-state index in [4.69, 9.17) is 0 Å². The van der Waals surface area contributed by atoms with Crippen LogP contribution < -0.4 is 0 Å². The van der Waals surface area contributed by atoms with E-state index in [0.29, 0.717) is 0 Å². The molecule has 1 rings (SSSR count). The molecule has 0 aliphatic rings. The van der Waals surface area contributed by atoms with Gasteiger partial charge in [-0.3, -0.25) is 4.79 Å². The summed E-state index contributed by atoms with van der Waals surface area (Å²) < 4.78 is 0. The SMILES string of the molecule is CSc1cc(C(C)=O)cc(C(C)(C)C)c1. The molecule has 2 heteroatoms. The Morgan fingerprint density at radius 1 is 1.20 bits per heavy atom. The maximum Gasteiger partial charge on any atom is 0.159 e. The van der Waals surface area contributed by atoms with E-state index in [1.807, 2.05) is 18.4 Å². The fourth-order valence-electron chi connectivity index (χ4n) is 1.35. The van der Waals surface area contributed by atoms with Crippen molar-refractivity contribution in [3.8, 4) is 0 Å². The average molecular weight is 222 g/mol. The molecule has 1 aromatic carbocycles. The summed E-state index contributed by atoms with van der Waals surface area (Å²) in [6.07, 6.45) is 2.03. The van der Waals surface area contributed by atoms with Crippen LogP contribution in [0.15, 0.2) is 23.1 Å². The maximum atomic E-state index is 11.4. The first kappa shape index (κ1) is 12.3. The molecule has 0 saturated carbocycles. The van der Waals surface area contributed by atoms with Crippen LogP contribution in [0.2, 0.25) is 0 Å². The third-order valence-corrected chi connectivity index (χ3v) is 3.12. The van der Waals surface area contributed by atoms with Crippen molar-refractivity contribution in [3.05, 3.63) is 29.3 Å². The fourth-order valence-corrected chi connectivity index (χ4v) is 1.84.